The maximum atomic E-state index is 12.1. The van der Waals surface area contributed by atoms with E-state index in [-0.39, 0.29) is 5.91 Å². The maximum Gasteiger partial charge on any atom is 0.224 e. The van der Waals surface area contributed by atoms with E-state index in [1.54, 1.807) is 6.26 Å². The van der Waals surface area contributed by atoms with Crippen LogP contribution in [0, 0.1) is 19.8 Å². The van der Waals surface area contributed by atoms with Crippen molar-refractivity contribution in [3.05, 3.63) is 35.1 Å². The minimum Gasteiger partial charge on any atom is -0.464 e. The largest absolute Gasteiger partial charge is 0.464 e. The van der Waals surface area contributed by atoms with Gasteiger partial charge < -0.3 is 14.5 Å². The van der Waals surface area contributed by atoms with Gasteiger partial charge in [-0.2, -0.15) is 0 Å². The molecule has 1 aliphatic rings. The van der Waals surface area contributed by atoms with Crippen LogP contribution >= 0.6 is 0 Å². The third kappa shape index (κ3) is 4.14. The van der Waals surface area contributed by atoms with Gasteiger partial charge in [0, 0.05) is 30.7 Å². The van der Waals surface area contributed by atoms with Crippen LogP contribution in [0.3, 0.4) is 0 Å². The Hall–Kier alpha value is -1.81. The SMILES string of the molecule is Cc1ccc2c(CC(=O)NCCCOCC3CC3)coc2c1C. The average Bonchev–Trinajstić information content (AvgIpc) is 3.27. The van der Waals surface area contributed by atoms with Crippen LogP contribution in [-0.4, -0.2) is 25.7 Å². The van der Waals surface area contributed by atoms with Crippen molar-refractivity contribution in [2.75, 3.05) is 19.8 Å². The molecular formula is C19H25NO3. The summed E-state index contributed by atoms with van der Waals surface area (Å²) in [4.78, 5) is 12.1. The first kappa shape index (κ1) is 16.1. The molecule has 0 unspecified atom stereocenters. The molecule has 0 spiro atoms. The number of rotatable bonds is 8. The minimum absolute atomic E-state index is 0.0353. The molecule has 1 aromatic heterocycles. The molecule has 23 heavy (non-hydrogen) atoms. The number of ether oxygens (including phenoxy) is 1. The number of hydrogen-bond donors (Lipinski definition) is 1. The first-order chi connectivity index (χ1) is 11.1. The third-order valence-corrected chi connectivity index (χ3v) is 4.53. The number of carbonyl (C=O) groups is 1. The van der Waals surface area contributed by atoms with Gasteiger partial charge in [-0.15, -0.1) is 0 Å². The zero-order valence-corrected chi connectivity index (χ0v) is 14.0. The molecule has 1 aromatic carbocycles. The van der Waals surface area contributed by atoms with E-state index in [2.05, 4.69) is 18.3 Å². The van der Waals surface area contributed by atoms with Crippen LogP contribution in [0.25, 0.3) is 11.0 Å². The van der Waals surface area contributed by atoms with Crippen LogP contribution in [-0.2, 0) is 16.0 Å². The molecule has 4 nitrogen and oxygen atoms in total. The lowest BCUT2D eigenvalue weighted by atomic mass is 10.0. The summed E-state index contributed by atoms with van der Waals surface area (Å²) in [6.45, 7) is 6.39. The smallest absolute Gasteiger partial charge is 0.224 e. The van der Waals surface area contributed by atoms with E-state index in [1.807, 2.05) is 13.0 Å². The predicted molar refractivity (Wildman–Crippen MR) is 90.6 cm³/mol. The fourth-order valence-corrected chi connectivity index (χ4v) is 2.70. The van der Waals surface area contributed by atoms with E-state index in [0.717, 1.165) is 47.6 Å². The second-order valence-electron chi connectivity index (χ2n) is 6.54. The molecular weight excluding hydrogens is 290 g/mol. The van der Waals surface area contributed by atoms with Gasteiger partial charge in [-0.25, -0.2) is 0 Å². The summed E-state index contributed by atoms with van der Waals surface area (Å²) in [6.07, 6.45) is 5.56. The van der Waals surface area contributed by atoms with E-state index >= 15 is 0 Å². The number of aryl methyl sites for hydroxylation is 2. The van der Waals surface area contributed by atoms with Crippen molar-refractivity contribution in [1.82, 2.24) is 5.32 Å². The number of amides is 1. The number of fused-ring (bicyclic) bond motifs is 1. The van der Waals surface area contributed by atoms with Crippen LogP contribution < -0.4 is 5.32 Å². The average molecular weight is 315 g/mol. The Morgan fingerprint density at radius 3 is 2.96 bits per heavy atom. The summed E-state index contributed by atoms with van der Waals surface area (Å²) < 4.78 is 11.2. The molecule has 1 fully saturated rings. The second-order valence-corrected chi connectivity index (χ2v) is 6.54. The van der Waals surface area contributed by atoms with Gasteiger partial charge in [0.15, 0.2) is 0 Å². The van der Waals surface area contributed by atoms with Gasteiger partial charge >= 0.3 is 0 Å². The van der Waals surface area contributed by atoms with Crippen molar-refractivity contribution in [3.63, 3.8) is 0 Å². The van der Waals surface area contributed by atoms with Gasteiger partial charge in [0.1, 0.15) is 5.58 Å². The molecule has 0 aliphatic heterocycles. The second kappa shape index (κ2) is 7.18. The summed E-state index contributed by atoms with van der Waals surface area (Å²) in [5.41, 5.74) is 4.18. The molecule has 0 saturated heterocycles. The zero-order valence-electron chi connectivity index (χ0n) is 14.0. The van der Waals surface area contributed by atoms with Gasteiger partial charge in [-0.05, 0) is 50.2 Å². The Morgan fingerprint density at radius 2 is 2.17 bits per heavy atom. The van der Waals surface area contributed by atoms with Gasteiger partial charge in [-0.3, -0.25) is 4.79 Å². The van der Waals surface area contributed by atoms with Gasteiger partial charge in [-0.1, -0.05) is 12.1 Å². The van der Waals surface area contributed by atoms with Crippen molar-refractivity contribution in [1.29, 1.82) is 0 Å². The quantitative estimate of drug-likeness (QED) is 0.758. The summed E-state index contributed by atoms with van der Waals surface area (Å²) in [7, 11) is 0. The Labute approximate surface area is 137 Å². The lowest BCUT2D eigenvalue weighted by Crippen LogP contribution is -2.26. The highest BCUT2D eigenvalue weighted by atomic mass is 16.5. The van der Waals surface area contributed by atoms with Crippen LogP contribution in [0.4, 0.5) is 0 Å². The van der Waals surface area contributed by atoms with Crippen molar-refractivity contribution in [2.45, 2.75) is 39.5 Å². The zero-order chi connectivity index (χ0) is 16.2. The van der Waals surface area contributed by atoms with Crippen molar-refractivity contribution >= 4 is 16.9 Å². The number of benzene rings is 1. The summed E-state index contributed by atoms with van der Waals surface area (Å²) in [5, 5.41) is 3.99. The number of nitrogens with one attached hydrogen (secondary N) is 1. The lowest BCUT2D eigenvalue weighted by molar-refractivity contribution is -0.120. The Balaban J connectivity index is 1.45. The predicted octanol–water partition coefficient (Wildman–Crippen LogP) is 3.53. The molecule has 1 heterocycles. The fourth-order valence-electron chi connectivity index (χ4n) is 2.70. The molecule has 1 N–H and O–H groups in total. The molecule has 3 rings (SSSR count). The molecule has 1 saturated carbocycles. The Kier molecular flexibility index (Phi) is 5.01. The van der Waals surface area contributed by atoms with Crippen molar-refractivity contribution in [3.8, 4) is 0 Å². The number of furan rings is 1. The molecule has 0 bridgehead atoms. The first-order valence-electron chi connectivity index (χ1n) is 8.46. The monoisotopic (exact) mass is 315 g/mol. The molecule has 0 radical (unpaired) electrons. The topological polar surface area (TPSA) is 51.5 Å². The molecule has 4 heteroatoms. The molecule has 124 valence electrons. The highest BCUT2D eigenvalue weighted by Crippen LogP contribution is 2.28. The maximum absolute atomic E-state index is 12.1. The minimum atomic E-state index is 0.0353. The summed E-state index contributed by atoms with van der Waals surface area (Å²) >= 11 is 0. The van der Waals surface area contributed by atoms with Crippen LogP contribution in [0.15, 0.2) is 22.8 Å². The first-order valence-corrected chi connectivity index (χ1v) is 8.46. The van der Waals surface area contributed by atoms with E-state index in [4.69, 9.17) is 9.15 Å². The van der Waals surface area contributed by atoms with Gasteiger partial charge in [0.25, 0.3) is 0 Å². The molecule has 0 atom stereocenters. The van der Waals surface area contributed by atoms with Crippen LogP contribution in [0.2, 0.25) is 0 Å². The van der Waals surface area contributed by atoms with E-state index in [1.165, 1.54) is 18.4 Å². The third-order valence-electron chi connectivity index (χ3n) is 4.53. The van der Waals surface area contributed by atoms with Crippen molar-refractivity contribution < 1.29 is 13.9 Å². The fraction of sp³-hybridized carbons (Fsp3) is 0.526. The summed E-state index contributed by atoms with van der Waals surface area (Å²) in [5.74, 6) is 0.833. The highest BCUT2D eigenvalue weighted by Gasteiger charge is 2.20. The van der Waals surface area contributed by atoms with E-state index in [9.17, 15) is 4.79 Å². The normalized spacial score (nSPS) is 14.3. The molecule has 1 amide bonds. The Bertz CT molecular complexity index is 685. The van der Waals surface area contributed by atoms with E-state index < -0.39 is 0 Å². The number of hydrogen-bond acceptors (Lipinski definition) is 3. The highest BCUT2D eigenvalue weighted by molar-refractivity contribution is 5.89. The molecule has 1 aliphatic carbocycles. The number of carbonyl (C=O) groups excluding carboxylic acids is 1. The standard InChI is InChI=1S/C19H25NO3/c1-13-4-7-17-16(12-23-19(17)14(13)2)10-18(21)20-8-3-9-22-11-15-5-6-15/h4,7,12,15H,3,5-6,8-11H2,1-2H3,(H,20,21). The lowest BCUT2D eigenvalue weighted by Gasteiger charge is -2.06. The Morgan fingerprint density at radius 1 is 1.35 bits per heavy atom. The van der Waals surface area contributed by atoms with Gasteiger partial charge in [0.2, 0.25) is 5.91 Å². The summed E-state index contributed by atoms with van der Waals surface area (Å²) in [6, 6.07) is 4.11. The molecule has 2 aromatic rings. The van der Waals surface area contributed by atoms with Crippen LogP contribution in [0.5, 0.6) is 0 Å². The van der Waals surface area contributed by atoms with Crippen molar-refractivity contribution in [2.24, 2.45) is 5.92 Å². The van der Waals surface area contributed by atoms with Gasteiger partial charge in [0.05, 0.1) is 12.7 Å². The van der Waals surface area contributed by atoms with E-state index in [0.29, 0.717) is 13.0 Å². The van der Waals surface area contributed by atoms with Crippen LogP contribution in [0.1, 0.15) is 36.0 Å².